The van der Waals surface area contributed by atoms with Gasteiger partial charge in [-0.3, -0.25) is 9.36 Å². The zero-order valence-corrected chi connectivity index (χ0v) is 19.6. The first kappa shape index (κ1) is 23.3. The normalized spacial score (nSPS) is 11.1. The number of carbonyl (C=O) groups excluding carboxylic acids is 1. The molecule has 1 amide bonds. The first-order valence-electron chi connectivity index (χ1n) is 10.2. The van der Waals surface area contributed by atoms with Gasteiger partial charge in [-0.15, -0.1) is 10.2 Å². The van der Waals surface area contributed by atoms with E-state index in [1.54, 1.807) is 12.1 Å². The van der Waals surface area contributed by atoms with Crippen molar-refractivity contribution in [1.29, 1.82) is 0 Å². The van der Waals surface area contributed by atoms with E-state index in [0.29, 0.717) is 21.6 Å². The van der Waals surface area contributed by atoms with Gasteiger partial charge in [-0.2, -0.15) is 5.10 Å². The van der Waals surface area contributed by atoms with Gasteiger partial charge in [-0.1, -0.05) is 41.1 Å². The second-order valence-electron chi connectivity index (χ2n) is 7.31. The molecule has 172 valence electrons. The first-order chi connectivity index (χ1) is 16.4. The zero-order valence-electron chi connectivity index (χ0n) is 18.0. The summed E-state index contributed by atoms with van der Waals surface area (Å²) < 4.78 is 1.89. The van der Waals surface area contributed by atoms with Crippen LogP contribution in [0.15, 0.2) is 77.0 Å². The van der Waals surface area contributed by atoms with Crippen LogP contribution in [0.3, 0.4) is 0 Å². The molecule has 10 heteroatoms. The lowest BCUT2D eigenvalue weighted by molar-refractivity contribution is -0.118. The molecule has 3 aromatic carbocycles. The van der Waals surface area contributed by atoms with Crippen molar-refractivity contribution < 1.29 is 15.0 Å². The third-order valence-corrected chi connectivity index (χ3v) is 5.95. The number of hydrazone groups is 1. The van der Waals surface area contributed by atoms with E-state index in [1.165, 1.54) is 36.2 Å². The predicted molar refractivity (Wildman–Crippen MR) is 133 cm³/mol. The number of phenols is 2. The third-order valence-electron chi connectivity index (χ3n) is 4.77. The van der Waals surface area contributed by atoms with E-state index in [-0.39, 0.29) is 23.2 Å². The summed E-state index contributed by atoms with van der Waals surface area (Å²) in [6.07, 6.45) is 1.30. The number of hydrogen-bond acceptors (Lipinski definition) is 7. The molecular weight excluding hydrogens is 474 g/mol. The summed E-state index contributed by atoms with van der Waals surface area (Å²) in [7, 11) is 0. The Labute approximate surface area is 204 Å². The van der Waals surface area contributed by atoms with Gasteiger partial charge < -0.3 is 10.2 Å². The van der Waals surface area contributed by atoms with Crippen molar-refractivity contribution in [3.8, 4) is 28.6 Å². The van der Waals surface area contributed by atoms with E-state index < -0.39 is 0 Å². The lowest BCUT2D eigenvalue weighted by Crippen LogP contribution is -2.20. The fourth-order valence-electron chi connectivity index (χ4n) is 3.05. The molecule has 0 aliphatic carbocycles. The van der Waals surface area contributed by atoms with Crippen LogP contribution < -0.4 is 5.43 Å². The van der Waals surface area contributed by atoms with Crippen molar-refractivity contribution in [2.75, 3.05) is 5.75 Å². The summed E-state index contributed by atoms with van der Waals surface area (Å²) >= 11 is 7.25. The van der Waals surface area contributed by atoms with Gasteiger partial charge in [0.15, 0.2) is 11.0 Å². The van der Waals surface area contributed by atoms with E-state index in [9.17, 15) is 15.0 Å². The standard InChI is InChI=1S/C24H20ClN5O3S/c1-15-2-9-19(10-3-15)30-23(16-4-7-18(25)8-5-16)28-29-24(30)34-14-22(33)27-26-13-17-6-11-20(31)12-21(17)32/h2-13,31-32H,14H2,1H3,(H,27,33)/b26-13-. The number of carbonyl (C=O) groups is 1. The average Bonchev–Trinajstić information content (AvgIpc) is 3.24. The number of aromatic hydroxyl groups is 2. The number of nitrogens with one attached hydrogen (secondary N) is 1. The molecule has 0 atom stereocenters. The smallest absolute Gasteiger partial charge is 0.250 e. The molecule has 4 rings (SSSR count). The van der Waals surface area contributed by atoms with Crippen LogP contribution >= 0.6 is 23.4 Å². The van der Waals surface area contributed by atoms with Gasteiger partial charge in [0.1, 0.15) is 11.5 Å². The summed E-state index contributed by atoms with van der Waals surface area (Å²) in [5, 5.41) is 32.8. The Morgan fingerprint density at radius 3 is 2.53 bits per heavy atom. The number of rotatable bonds is 7. The topological polar surface area (TPSA) is 113 Å². The lowest BCUT2D eigenvalue weighted by Gasteiger charge is -2.10. The van der Waals surface area contributed by atoms with Gasteiger partial charge in [0.25, 0.3) is 5.91 Å². The zero-order chi connectivity index (χ0) is 24.1. The van der Waals surface area contributed by atoms with Crippen LogP contribution in [-0.4, -0.2) is 42.9 Å². The van der Waals surface area contributed by atoms with Crippen LogP contribution in [0.1, 0.15) is 11.1 Å². The second-order valence-corrected chi connectivity index (χ2v) is 8.69. The molecule has 0 aliphatic heterocycles. The molecule has 0 radical (unpaired) electrons. The summed E-state index contributed by atoms with van der Waals surface area (Å²) in [4.78, 5) is 12.3. The predicted octanol–water partition coefficient (Wildman–Crippen LogP) is 4.55. The Balaban J connectivity index is 1.51. The maximum absolute atomic E-state index is 12.3. The molecule has 0 unspecified atom stereocenters. The van der Waals surface area contributed by atoms with Gasteiger partial charge in [0.05, 0.1) is 12.0 Å². The maximum atomic E-state index is 12.3. The third kappa shape index (κ3) is 5.56. The van der Waals surface area contributed by atoms with Crippen LogP contribution in [0, 0.1) is 6.92 Å². The molecule has 0 saturated heterocycles. The van der Waals surface area contributed by atoms with Gasteiger partial charge in [0, 0.05) is 27.9 Å². The Kier molecular flexibility index (Phi) is 7.15. The van der Waals surface area contributed by atoms with Crippen LogP contribution in [-0.2, 0) is 4.79 Å². The quantitative estimate of drug-likeness (QED) is 0.198. The van der Waals surface area contributed by atoms with Crippen LogP contribution in [0.2, 0.25) is 5.02 Å². The highest BCUT2D eigenvalue weighted by Gasteiger charge is 2.17. The Hall–Kier alpha value is -3.82. The fraction of sp³-hybridized carbons (Fsp3) is 0.0833. The highest BCUT2D eigenvalue weighted by molar-refractivity contribution is 7.99. The number of benzene rings is 3. The summed E-state index contributed by atoms with van der Waals surface area (Å²) in [5.41, 5.74) is 5.60. The molecule has 34 heavy (non-hydrogen) atoms. The minimum Gasteiger partial charge on any atom is -0.508 e. The Morgan fingerprint density at radius 1 is 1.09 bits per heavy atom. The number of nitrogens with zero attached hydrogens (tertiary/aromatic N) is 4. The highest BCUT2D eigenvalue weighted by atomic mass is 35.5. The maximum Gasteiger partial charge on any atom is 0.250 e. The van der Waals surface area contributed by atoms with Gasteiger partial charge in [-0.25, -0.2) is 5.43 Å². The number of halogens is 1. The van der Waals surface area contributed by atoms with Crippen molar-refractivity contribution in [3.05, 3.63) is 82.9 Å². The molecule has 1 aromatic heterocycles. The van der Waals surface area contributed by atoms with E-state index in [2.05, 4.69) is 20.7 Å². The summed E-state index contributed by atoms with van der Waals surface area (Å²) in [6.45, 7) is 2.01. The number of phenolic OH excluding ortho intramolecular Hbond substituents is 2. The second kappa shape index (κ2) is 10.4. The molecule has 4 aromatic rings. The van der Waals surface area contributed by atoms with E-state index in [4.69, 9.17) is 11.6 Å². The van der Waals surface area contributed by atoms with Gasteiger partial charge >= 0.3 is 0 Å². The number of hydrogen-bond donors (Lipinski definition) is 3. The molecule has 0 saturated carbocycles. The van der Waals surface area contributed by atoms with Crippen molar-refractivity contribution in [2.24, 2.45) is 5.10 Å². The summed E-state index contributed by atoms with van der Waals surface area (Å²) in [5.74, 6) is 0.109. The molecule has 0 fully saturated rings. The first-order valence-corrected chi connectivity index (χ1v) is 11.5. The highest BCUT2D eigenvalue weighted by Crippen LogP contribution is 2.29. The number of aryl methyl sites for hydroxylation is 1. The van der Waals surface area contributed by atoms with Crippen LogP contribution in [0.25, 0.3) is 17.1 Å². The minimum atomic E-state index is -0.356. The minimum absolute atomic E-state index is 0.0452. The molecule has 0 aliphatic rings. The molecule has 8 nitrogen and oxygen atoms in total. The SMILES string of the molecule is Cc1ccc(-n2c(SCC(=O)N/N=C\c3ccc(O)cc3O)nnc2-c2ccc(Cl)cc2)cc1. The van der Waals surface area contributed by atoms with Crippen LogP contribution in [0.4, 0.5) is 0 Å². The van der Waals surface area contributed by atoms with Crippen molar-refractivity contribution in [1.82, 2.24) is 20.2 Å². The van der Waals surface area contributed by atoms with Gasteiger partial charge in [0.2, 0.25) is 0 Å². The Morgan fingerprint density at radius 2 is 1.82 bits per heavy atom. The van der Waals surface area contributed by atoms with Crippen molar-refractivity contribution in [3.63, 3.8) is 0 Å². The summed E-state index contributed by atoms with van der Waals surface area (Å²) in [6, 6.07) is 19.3. The molecular formula is C24H20ClN5O3S. The van der Waals surface area contributed by atoms with E-state index in [1.807, 2.05) is 47.9 Å². The molecule has 0 bridgehead atoms. The average molecular weight is 494 g/mol. The Bertz CT molecular complexity index is 1340. The van der Waals surface area contributed by atoms with Gasteiger partial charge in [-0.05, 0) is 55.5 Å². The monoisotopic (exact) mass is 493 g/mol. The van der Waals surface area contributed by atoms with Crippen molar-refractivity contribution in [2.45, 2.75) is 12.1 Å². The van der Waals surface area contributed by atoms with Crippen LogP contribution in [0.5, 0.6) is 11.5 Å². The largest absolute Gasteiger partial charge is 0.508 e. The molecule has 0 spiro atoms. The van der Waals surface area contributed by atoms with E-state index >= 15 is 0 Å². The molecule has 3 N–H and O–H groups in total. The lowest BCUT2D eigenvalue weighted by atomic mass is 10.2. The number of amides is 1. The van der Waals surface area contributed by atoms with Crippen molar-refractivity contribution >= 4 is 35.5 Å². The molecule has 1 heterocycles. The fourth-order valence-corrected chi connectivity index (χ4v) is 3.92. The number of aromatic nitrogens is 3. The number of thioether (sulfide) groups is 1. The van der Waals surface area contributed by atoms with E-state index in [0.717, 1.165) is 16.8 Å².